The van der Waals surface area contributed by atoms with Gasteiger partial charge in [0.15, 0.2) is 6.61 Å². The van der Waals surface area contributed by atoms with Gasteiger partial charge < -0.3 is 19.5 Å². The smallest absolute Gasteiger partial charge is 0.258 e. The van der Waals surface area contributed by atoms with Crippen molar-refractivity contribution in [3.63, 3.8) is 0 Å². The second kappa shape index (κ2) is 8.97. The van der Waals surface area contributed by atoms with Gasteiger partial charge in [-0.15, -0.1) is 0 Å². The molecule has 0 heterocycles. The Hall–Kier alpha value is -2.69. The van der Waals surface area contributed by atoms with E-state index in [-0.39, 0.29) is 18.6 Å². The topological polar surface area (TPSA) is 56.8 Å². The average molecular weight is 343 g/mol. The monoisotopic (exact) mass is 343 g/mol. The zero-order valence-corrected chi connectivity index (χ0v) is 15.2. The average Bonchev–Trinajstić information content (AvgIpc) is 2.64. The number of ether oxygens (including phenoxy) is 3. The largest absolute Gasteiger partial charge is 0.497 e. The molecule has 0 fully saturated rings. The molecule has 1 N–H and O–H groups in total. The van der Waals surface area contributed by atoms with Gasteiger partial charge in [-0.2, -0.15) is 0 Å². The highest BCUT2D eigenvalue weighted by atomic mass is 16.5. The first-order valence-corrected chi connectivity index (χ1v) is 8.28. The van der Waals surface area contributed by atoms with Gasteiger partial charge in [-0.1, -0.05) is 25.1 Å². The Morgan fingerprint density at radius 3 is 2.48 bits per heavy atom. The van der Waals surface area contributed by atoms with Crippen LogP contribution in [0.15, 0.2) is 42.5 Å². The number of carbonyl (C=O) groups is 1. The van der Waals surface area contributed by atoms with Crippen molar-refractivity contribution in [1.29, 1.82) is 0 Å². The zero-order valence-electron chi connectivity index (χ0n) is 15.2. The zero-order chi connectivity index (χ0) is 18.2. The number of benzene rings is 2. The van der Waals surface area contributed by atoms with Crippen LogP contribution in [0, 0.1) is 6.92 Å². The molecule has 1 unspecified atom stereocenters. The first-order chi connectivity index (χ1) is 12.1. The number of hydrogen-bond acceptors (Lipinski definition) is 4. The molecule has 0 aromatic heterocycles. The van der Waals surface area contributed by atoms with Crippen LogP contribution in [0.2, 0.25) is 0 Å². The van der Waals surface area contributed by atoms with E-state index in [2.05, 4.69) is 5.32 Å². The van der Waals surface area contributed by atoms with Crippen LogP contribution in [-0.2, 0) is 4.79 Å². The fraction of sp³-hybridized carbons (Fsp3) is 0.350. The van der Waals surface area contributed by atoms with Crippen LogP contribution in [-0.4, -0.2) is 26.7 Å². The van der Waals surface area contributed by atoms with Crippen LogP contribution in [0.3, 0.4) is 0 Å². The van der Waals surface area contributed by atoms with Crippen LogP contribution < -0.4 is 19.5 Å². The highest BCUT2D eigenvalue weighted by Crippen LogP contribution is 2.24. The first kappa shape index (κ1) is 18.6. The maximum Gasteiger partial charge on any atom is 0.258 e. The van der Waals surface area contributed by atoms with Crippen molar-refractivity contribution >= 4 is 5.91 Å². The van der Waals surface area contributed by atoms with Crippen molar-refractivity contribution in [2.75, 3.05) is 20.8 Å². The van der Waals surface area contributed by atoms with Gasteiger partial charge in [0.1, 0.15) is 17.2 Å². The molecule has 5 heteroatoms. The number of methoxy groups -OCH3 is 2. The Balaban J connectivity index is 1.96. The maximum absolute atomic E-state index is 12.2. The van der Waals surface area contributed by atoms with Crippen molar-refractivity contribution in [3.05, 3.63) is 53.6 Å². The van der Waals surface area contributed by atoms with E-state index >= 15 is 0 Å². The van der Waals surface area contributed by atoms with E-state index in [4.69, 9.17) is 14.2 Å². The number of hydrogen-bond donors (Lipinski definition) is 1. The lowest BCUT2D eigenvalue weighted by Gasteiger charge is -2.19. The molecule has 0 bridgehead atoms. The Labute approximate surface area is 148 Å². The first-order valence-electron chi connectivity index (χ1n) is 8.28. The number of rotatable bonds is 8. The van der Waals surface area contributed by atoms with Gasteiger partial charge in [0.2, 0.25) is 0 Å². The molecule has 25 heavy (non-hydrogen) atoms. The molecule has 2 aromatic carbocycles. The van der Waals surface area contributed by atoms with Gasteiger partial charge in [-0.3, -0.25) is 4.79 Å². The van der Waals surface area contributed by atoms with E-state index in [0.717, 1.165) is 23.3 Å². The van der Waals surface area contributed by atoms with Crippen molar-refractivity contribution in [3.8, 4) is 17.2 Å². The number of amides is 1. The summed E-state index contributed by atoms with van der Waals surface area (Å²) in [4.78, 5) is 12.2. The molecule has 134 valence electrons. The van der Waals surface area contributed by atoms with E-state index < -0.39 is 0 Å². The molecule has 2 rings (SSSR count). The van der Waals surface area contributed by atoms with E-state index in [1.807, 2.05) is 44.2 Å². The molecule has 1 amide bonds. The molecule has 0 aliphatic carbocycles. The molecule has 5 nitrogen and oxygen atoms in total. The van der Waals surface area contributed by atoms with E-state index in [9.17, 15) is 4.79 Å². The Morgan fingerprint density at radius 2 is 1.84 bits per heavy atom. The number of aryl methyl sites for hydroxylation is 1. The van der Waals surface area contributed by atoms with Crippen LogP contribution in [0.5, 0.6) is 17.2 Å². The summed E-state index contributed by atoms with van der Waals surface area (Å²) < 4.78 is 16.0. The summed E-state index contributed by atoms with van der Waals surface area (Å²) in [6.07, 6.45) is 0.788. The van der Waals surface area contributed by atoms with E-state index in [1.165, 1.54) is 0 Å². The quantitative estimate of drug-likeness (QED) is 0.795. The summed E-state index contributed by atoms with van der Waals surface area (Å²) in [6.45, 7) is 3.98. The van der Waals surface area contributed by atoms with Crippen LogP contribution in [0.4, 0.5) is 0 Å². The Morgan fingerprint density at radius 1 is 1.08 bits per heavy atom. The normalized spacial score (nSPS) is 11.5. The molecule has 0 saturated heterocycles. The predicted octanol–water partition coefficient (Wildman–Crippen LogP) is 3.66. The van der Waals surface area contributed by atoms with Gasteiger partial charge in [-0.05, 0) is 42.7 Å². The molecule has 1 atom stereocenters. The summed E-state index contributed by atoms with van der Waals surface area (Å²) in [5, 5.41) is 3.01. The third kappa shape index (κ3) is 5.14. The highest BCUT2D eigenvalue weighted by molar-refractivity contribution is 5.78. The minimum Gasteiger partial charge on any atom is -0.497 e. The van der Waals surface area contributed by atoms with Crippen molar-refractivity contribution in [1.82, 2.24) is 5.32 Å². The van der Waals surface area contributed by atoms with Gasteiger partial charge in [0.25, 0.3) is 5.91 Å². The number of carbonyl (C=O) groups excluding carboxylic acids is 1. The second-order valence-corrected chi connectivity index (χ2v) is 5.73. The maximum atomic E-state index is 12.2. The van der Waals surface area contributed by atoms with Gasteiger partial charge in [0.05, 0.1) is 20.3 Å². The third-order valence-electron chi connectivity index (χ3n) is 3.98. The minimum atomic E-state index is -0.164. The fourth-order valence-electron chi connectivity index (χ4n) is 2.62. The van der Waals surface area contributed by atoms with Gasteiger partial charge in [0, 0.05) is 6.07 Å². The Kier molecular flexibility index (Phi) is 6.69. The van der Waals surface area contributed by atoms with Crippen LogP contribution in [0.25, 0.3) is 0 Å². The molecule has 0 aliphatic rings. The van der Waals surface area contributed by atoms with Crippen LogP contribution >= 0.6 is 0 Å². The molecule has 0 radical (unpaired) electrons. The van der Waals surface area contributed by atoms with Crippen molar-refractivity contribution in [2.45, 2.75) is 26.3 Å². The minimum absolute atomic E-state index is 0.0429. The summed E-state index contributed by atoms with van der Waals surface area (Å²) in [5.74, 6) is 1.97. The number of nitrogens with one attached hydrogen (secondary N) is 1. The summed E-state index contributed by atoms with van der Waals surface area (Å²) in [7, 11) is 3.24. The van der Waals surface area contributed by atoms with Gasteiger partial charge in [-0.25, -0.2) is 0 Å². The molecule has 0 aliphatic heterocycles. The fourth-order valence-corrected chi connectivity index (χ4v) is 2.62. The Bertz CT molecular complexity index is 715. The van der Waals surface area contributed by atoms with E-state index in [0.29, 0.717) is 11.5 Å². The SMILES string of the molecule is CCC(NC(=O)COc1cccc(OC)c1)c1ccc(OC)c(C)c1. The standard InChI is InChI=1S/C20H25NO4/c1-5-18(15-9-10-19(24-4)14(2)11-15)21-20(22)13-25-17-8-6-7-16(12-17)23-3/h6-12,18H,5,13H2,1-4H3,(H,21,22). The summed E-state index contributed by atoms with van der Waals surface area (Å²) >= 11 is 0. The van der Waals surface area contributed by atoms with Gasteiger partial charge >= 0.3 is 0 Å². The lowest BCUT2D eigenvalue weighted by molar-refractivity contribution is -0.123. The molecular formula is C20H25NO4. The van der Waals surface area contributed by atoms with Crippen LogP contribution in [0.1, 0.15) is 30.5 Å². The second-order valence-electron chi connectivity index (χ2n) is 5.73. The third-order valence-corrected chi connectivity index (χ3v) is 3.98. The molecule has 0 spiro atoms. The summed E-state index contributed by atoms with van der Waals surface area (Å²) in [5.41, 5.74) is 2.09. The lowest BCUT2D eigenvalue weighted by Crippen LogP contribution is -2.32. The summed E-state index contributed by atoms with van der Waals surface area (Å²) in [6, 6.07) is 13.1. The van der Waals surface area contributed by atoms with Crippen molar-refractivity contribution in [2.24, 2.45) is 0 Å². The molecule has 2 aromatic rings. The molecular weight excluding hydrogens is 318 g/mol. The predicted molar refractivity (Wildman–Crippen MR) is 97.4 cm³/mol. The molecule has 0 saturated carbocycles. The lowest BCUT2D eigenvalue weighted by atomic mass is 10.0. The van der Waals surface area contributed by atoms with Crippen molar-refractivity contribution < 1.29 is 19.0 Å². The van der Waals surface area contributed by atoms with E-state index in [1.54, 1.807) is 26.4 Å². The highest BCUT2D eigenvalue weighted by Gasteiger charge is 2.14.